The molecule has 110 valence electrons. The predicted molar refractivity (Wildman–Crippen MR) is 84.4 cm³/mol. The van der Waals surface area contributed by atoms with Gasteiger partial charge in [0.1, 0.15) is 5.75 Å². The third-order valence-electron chi connectivity index (χ3n) is 3.10. The van der Waals surface area contributed by atoms with Crippen LogP contribution in [0.15, 0.2) is 54.6 Å². The average molecular weight is 304 g/mol. The Kier molecular flexibility index (Phi) is 5.64. The first-order valence-electron chi connectivity index (χ1n) is 6.93. The van der Waals surface area contributed by atoms with E-state index in [1.807, 2.05) is 55.5 Å². The molecule has 1 atom stereocenters. The summed E-state index contributed by atoms with van der Waals surface area (Å²) in [5.41, 5.74) is 0.891. The van der Waals surface area contributed by atoms with Crippen molar-refractivity contribution >= 4 is 17.5 Å². The third kappa shape index (κ3) is 4.50. The van der Waals surface area contributed by atoms with Gasteiger partial charge in [0.2, 0.25) is 0 Å². The molecule has 0 aromatic heterocycles. The number of hydrogen-bond donors (Lipinski definition) is 1. The van der Waals surface area contributed by atoms with Crippen molar-refractivity contribution < 1.29 is 9.53 Å². The first kappa shape index (κ1) is 15.4. The van der Waals surface area contributed by atoms with E-state index in [4.69, 9.17) is 16.3 Å². The SMILES string of the molecule is CC[C@@H](Oc1ccccc1)C(=O)NCc1ccccc1Cl. The van der Waals surface area contributed by atoms with Crippen LogP contribution in [-0.2, 0) is 11.3 Å². The second-order valence-corrected chi connectivity index (χ2v) is 5.04. The summed E-state index contributed by atoms with van der Waals surface area (Å²) in [4.78, 5) is 12.2. The number of ether oxygens (including phenoxy) is 1. The highest BCUT2D eigenvalue weighted by Crippen LogP contribution is 2.15. The lowest BCUT2D eigenvalue weighted by molar-refractivity contribution is -0.128. The van der Waals surface area contributed by atoms with E-state index in [0.29, 0.717) is 23.7 Å². The van der Waals surface area contributed by atoms with Crippen molar-refractivity contribution in [3.8, 4) is 5.75 Å². The van der Waals surface area contributed by atoms with Crippen LogP contribution < -0.4 is 10.1 Å². The molecule has 0 radical (unpaired) electrons. The van der Waals surface area contributed by atoms with Crippen molar-refractivity contribution in [1.82, 2.24) is 5.32 Å². The lowest BCUT2D eigenvalue weighted by atomic mass is 10.2. The van der Waals surface area contributed by atoms with Crippen molar-refractivity contribution in [3.63, 3.8) is 0 Å². The highest BCUT2D eigenvalue weighted by atomic mass is 35.5. The molecule has 0 aliphatic carbocycles. The van der Waals surface area contributed by atoms with Gasteiger partial charge in [0.25, 0.3) is 5.91 Å². The smallest absolute Gasteiger partial charge is 0.261 e. The largest absolute Gasteiger partial charge is 0.481 e. The van der Waals surface area contributed by atoms with Crippen LogP contribution in [0.2, 0.25) is 5.02 Å². The van der Waals surface area contributed by atoms with E-state index in [2.05, 4.69) is 5.32 Å². The lowest BCUT2D eigenvalue weighted by Gasteiger charge is -2.17. The van der Waals surface area contributed by atoms with Crippen LogP contribution in [0.25, 0.3) is 0 Å². The number of nitrogens with one attached hydrogen (secondary N) is 1. The Labute approximate surface area is 129 Å². The number of para-hydroxylation sites is 1. The predicted octanol–water partition coefficient (Wildman–Crippen LogP) is 3.81. The number of hydrogen-bond acceptors (Lipinski definition) is 2. The maximum atomic E-state index is 12.2. The zero-order valence-electron chi connectivity index (χ0n) is 11.9. The van der Waals surface area contributed by atoms with Crippen LogP contribution in [-0.4, -0.2) is 12.0 Å². The minimum absolute atomic E-state index is 0.138. The van der Waals surface area contributed by atoms with Gasteiger partial charge in [-0.15, -0.1) is 0 Å². The van der Waals surface area contributed by atoms with Gasteiger partial charge in [0, 0.05) is 11.6 Å². The van der Waals surface area contributed by atoms with E-state index < -0.39 is 6.10 Å². The molecule has 0 aliphatic rings. The molecule has 21 heavy (non-hydrogen) atoms. The molecule has 0 fully saturated rings. The molecule has 0 unspecified atom stereocenters. The van der Waals surface area contributed by atoms with Gasteiger partial charge in [0.15, 0.2) is 6.10 Å². The molecule has 4 heteroatoms. The Morgan fingerprint density at radius 1 is 1.14 bits per heavy atom. The maximum absolute atomic E-state index is 12.2. The second kappa shape index (κ2) is 7.70. The summed E-state index contributed by atoms with van der Waals surface area (Å²) in [7, 11) is 0. The Bertz CT molecular complexity index is 586. The molecular formula is C17H18ClNO2. The van der Waals surface area contributed by atoms with Crippen LogP contribution in [0.4, 0.5) is 0 Å². The molecular weight excluding hydrogens is 286 g/mol. The first-order chi connectivity index (χ1) is 10.2. The molecule has 2 aromatic carbocycles. The number of rotatable bonds is 6. The Hall–Kier alpha value is -2.00. The fraction of sp³-hybridized carbons (Fsp3) is 0.235. The van der Waals surface area contributed by atoms with Crippen LogP contribution in [0.1, 0.15) is 18.9 Å². The molecule has 2 aromatic rings. The maximum Gasteiger partial charge on any atom is 0.261 e. The van der Waals surface area contributed by atoms with Crippen molar-refractivity contribution in [3.05, 3.63) is 65.2 Å². The Morgan fingerprint density at radius 2 is 1.81 bits per heavy atom. The van der Waals surface area contributed by atoms with Gasteiger partial charge in [-0.25, -0.2) is 0 Å². The van der Waals surface area contributed by atoms with E-state index >= 15 is 0 Å². The van der Waals surface area contributed by atoms with Crippen molar-refractivity contribution in [2.24, 2.45) is 0 Å². The summed E-state index contributed by atoms with van der Waals surface area (Å²) < 4.78 is 5.70. The average Bonchev–Trinajstić information content (AvgIpc) is 2.52. The molecule has 0 heterocycles. The molecule has 0 saturated carbocycles. The zero-order chi connectivity index (χ0) is 15.1. The summed E-state index contributed by atoms with van der Waals surface area (Å²) in [6.07, 6.45) is 0.0957. The van der Waals surface area contributed by atoms with Crippen molar-refractivity contribution in [1.29, 1.82) is 0 Å². The molecule has 0 bridgehead atoms. The van der Waals surface area contributed by atoms with Gasteiger partial charge in [-0.3, -0.25) is 4.79 Å². The molecule has 0 aliphatic heterocycles. The topological polar surface area (TPSA) is 38.3 Å². The summed E-state index contributed by atoms with van der Waals surface area (Å²) in [6.45, 7) is 2.32. The molecule has 1 amide bonds. The number of halogens is 1. The fourth-order valence-corrected chi connectivity index (χ4v) is 2.13. The van der Waals surface area contributed by atoms with Crippen LogP contribution in [0.3, 0.4) is 0 Å². The minimum atomic E-state index is -0.505. The molecule has 3 nitrogen and oxygen atoms in total. The van der Waals surface area contributed by atoms with Gasteiger partial charge in [-0.05, 0) is 30.2 Å². The van der Waals surface area contributed by atoms with Crippen LogP contribution in [0, 0.1) is 0 Å². The van der Waals surface area contributed by atoms with Crippen LogP contribution in [0.5, 0.6) is 5.75 Å². The lowest BCUT2D eigenvalue weighted by Crippen LogP contribution is -2.37. The molecule has 0 spiro atoms. The fourth-order valence-electron chi connectivity index (χ4n) is 1.92. The summed E-state index contributed by atoms with van der Waals surface area (Å²) in [5.74, 6) is 0.554. The van der Waals surface area contributed by atoms with Gasteiger partial charge in [0.05, 0.1) is 0 Å². The first-order valence-corrected chi connectivity index (χ1v) is 7.31. The van der Waals surface area contributed by atoms with Gasteiger partial charge in [-0.1, -0.05) is 54.9 Å². The Balaban J connectivity index is 1.93. The number of amides is 1. The van der Waals surface area contributed by atoms with Crippen molar-refractivity contribution in [2.75, 3.05) is 0 Å². The number of carbonyl (C=O) groups is 1. The van der Waals surface area contributed by atoms with E-state index in [1.165, 1.54) is 0 Å². The van der Waals surface area contributed by atoms with Gasteiger partial charge < -0.3 is 10.1 Å². The van der Waals surface area contributed by atoms with E-state index in [0.717, 1.165) is 5.56 Å². The number of carbonyl (C=O) groups excluding carboxylic acids is 1. The standard InChI is InChI=1S/C17H18ClNO2/c1-2-16(21-14-9-4-3-5-10-14)17(20)19-12-13-8-6-7-11-15(13)18/h3-11,16H,2,12H2,1H3,(H,19,20)/t16-/m1/s1. The van der Waals surface area contributed by atoms with E-state index in [9.17, 15) is 4.79 Å². The Morgan fingerprint density at radius 3 is 2.48 bits per heavy atom. The number of benzene rings is 2. The quantitative estimate of drug-likeness (QED) is 0.881. The molecule has 1 N–H and O–H groups in total. The third-order valence-corrected chi connectivity index (χ3v) is 3.46. The normalized spacial score (nSPS) is 11.7. The summed E-state index contributed by atoms with van der Waals surface area (Å²) in [6, 6.07) is 16.8. The minimum Gasteiger partial charge on any atom is -0.481 e. The zero-order valence-corrected chi connectivity index (χ0v) is 12.6. The monoisotopic (exact) mass is 303 g/mol. The second-order valence-electron chi connectivity index (χ2n) is 4.64. The van der Waals surface area contributed by atoms with Crippen molar-refractivity contribution in [2.45, 2.75) is 26.0 Å². The van der Waals surface area contributed by atoms with Crippen LogP contribution >= 0.6 is 11.6 Å². The summed E-state index contributed by atoms with van der Waals surface area (Å²) in [5, 5.41) is 3.51. The van der Waals surface area contributed by atoms with E-state index in [1.54, 1.807) is 6.07 Å². The highest BCUT2D eigenvalue weighted by Gasteiger charge is 2.18. The van der Waals surface area contributed by atoms with Gasteiger partial charge in [-0.2, -0.15) is 0 Å². The van der Waals surface area contributed by atoms with Gasteiger partial charge >= 0.3 is 0 Å². The van der Waals surface area contributed by atoms with E-state index in [-0.39, 0.29) is 5.91 Å². The molecule has 2 rings (SSSR count). The molecule has 0 saturated heterocycles. The summed E-state index contributed by atoms with van der Waals surface area (Å²) >= 11 is 6.07. The highest BCUT2D eigenvalue weighted by molar-refractivity contribution is 6.31.